The summed E-state index contributed by atoms with van der Waals surface area (Å²) >= 11 is 0. The monoisotopic (exact) mass is 417 g/mol. The second-order valence-corrected chi connectivity index (χ2v) is 6.88. The normalized spacial score (nSPS) is 17.1. The number of nitriles is 1. The molecule has 0 bridgehead atoms. The Kier molecular flexibility index (Phi) is 5.28. The number of ether oxygens (including phenoxy) is 2. The van der Waals surface area contributed by atoms with Crippen LogP contribution in [-0.4, -0.2) is 30.1 Å². The Hall–Kier alpha value is -4.32. The number of H-pyrrole nitrogens is 1. The number of carbonyl (C=O) groups is 1. The van der Waals surface area contributed by atoms with E-state index in [-0.39, 0.29) is 17.3 Å². The van der Waals surface area contributed by atoms with Crippen molar-refractivity contribution < 1.29 is 14.3 Å². The molecule has 0 saturated heterocycles. The number of amides is 1. The average Bonchev–Trinajstić information content (AvgIpc) is 2.78. The minimum absolute atomic E-state index is 0.122. The molecular weight excluding hydrogens is 398 g/mol. The number of aromatic nitrogens is 2. The Labute approximate surface area is 177 Å². The third-order valence-corrected chi connectivity index (χ3v) is 5.09. The SMILES string of the molecule is COc1ccc(Nc2nc3c(c(=O)[nH]2)[C@@H](c2ccc(OC)cc2)[C@@H](C#N)C(=O)N3)cc1. The Morgan fingerprint density at radius 3 is 2.19 bits per heavy atom. The van der Waals surface area contributed by atoms with Gasteiger partial charge in [0.25, 0.3) is 5.56 Å². The molecule has 9 heteroatoms. The summed E-state index contributed by atoms with van der Waals surface area (Å²) in [5.74, 6) is -0.729. The van der Waals surface area contributed by atoms with Gasteiger partial charge in [0.15, 0.2) is 0 Å². The lowest BCUT2D eigenvalue weighted by atomic mass is 9.79. The fourth-order valence-electron chi connectivity index (χ4n) is 3.55. The fraction of sp³-hybridized carbons (Fsp3) is 0.182. The van der Waals surface area contributed by atoms with Gasteiger partial charge in [-0.05, 0) is 42.0 Å². The van der Waals surface area contributed by atoms with Crippen molar-refractivity contribution in [2.24, 2.45) is 5.92 Å². The molecule has 0 saturated carbocycles. The van der Waals surface area contributed by atoms with Gasteiger partial charge in [0, 0.05) is 11.6 Å². The lowest BCUT2D eigenvalue weighted by Gasteiger charge is -2.28. The smallest absolute Gasteiger partial charge is 0.258 e. The fourth-order valence-corrected chi connectivity index (χ4v) is 3.55. The number of carbonyl (C=O) groups excluding carboxylic acids is 1. The van der Waals surface area contributed by atoms with Gasteiger partial charge in [-0.15, -0.1) is 0 Å². The first kappa shape index (κ1) is 20.0. The van der Waals surface area contributed by atoms with E-state index in [4.69, 9.17) is 9.47 Å². The van der Waals surface area contributed by atoms with Gasteiger partial charge in [-0.2, -0.15) is 10.2 Å². The van der Waals surface area contributed by atoms with Crippen LogP contribution in [0, 0.1) is 17.2 Å². The zero-order chi connectivity index (χ0) is 22.0. The molecule has 1 aliphatic heterocycles. The number of hydrogen-bond donors (Lipinski definition) is 3. The van der Waals surface area contributed by atoms with E-state index in [9.17, 15) is 14.9 Å². The summed E-state index contributed by atoms with van der Waals surface area (Å²) < 4.78 is 10.3. The number of nitrogens with zero attached hydrogens (tertiary/aromatic N) is 2. The number of aromatic amines is 1. The molecule has 1 aliphatic rings. The van der Waals surface area contributed by atoms with E-state index in [1.807, 2.05) is 6.07 Å². The van der Waals surface area contributed by atoms with Gasteiger partial charge in [0.1, 0.15) is 23.2 Å². The highest BCUT2D eigenvalue weighted by atomic mass is 16.5. The summed E-state index contributed by atoms with van der Waals surface area (Å²) in [6.07, 6.45) is 0. The van der Waals surface area contributed by atoms with Crippen molar-refractivity contribution in [3.63, 3.8) is 0 Å². The molecule has 4 rings (SSSR count). The van der Waals surface area contributed by atoms with Crippen LogP contribution in [0.5, 0.6) is 11.5 Å². The zero-order valence-electron chi connectivity index (χ0n) is 16.8. The minimum Gasteiger partial charge on any atom is -0.497 e. The van der Waals surface area contributed by atoms with Crippen molar-refractivity contribution in [2.45, 2.75) is 5.92 Å². The van der Waals surface area contributed by atoms with Crippen LogP contribution in [0.15, 0.2) is 53.3 Å². The summed E-state index contributed by atoms with van der Waals surface area (Å²) in [4.78, 5) is 32.7. The third kappa shape index (κ3) is 3.79. The van der Waals surface area contributed by atoms with E-state index in [0.29, 0.717) is 22.7 Å². The highest BCUT2D eigenvalue weighted by Crippen LogP contribution is 2.38. The number of fused-ring (bicyclic) bond motifs is 1. The van der Waals surface area contributed by atoms with Gasteiger partial charge in [-0.3, -0.25) is 14.6 Å². The minimum atomic E-state index is -1.07. The van der Waals surface area contributed by atoms with Crippen LogP contribution in [0.1, 0.15) is 17.0 Å². The third-order valence-electron chi connectivity index (χ3n) is 5.09. The zero-order valence-corrected chi connectivity index (χ0v) is 16.8. The van der Waals surface area contributed by atoms with Gasteiger partial charge in [-0.25, -0.2) is 0 Å². The molecule has 2 atom stereocenters. The molecule has 156 valence electrons. The van der Waals surface area contributed by atoms with E-state index in [0.717, 1.165) is 0 Å². The largest absolute Gasteiger partial charge is 0.497 e. The number of rotatable bonds is 5. The van der Waals surface area contributed by atoms with Crippen LogP contribution >= 0.6 is 0 Å². The first-order valence-electron chi connectivity index (χ1n) is 9.43. The molecule has 0 fully saturated rings. The molecule has 1 aromatic heterocycles. The maximum atomic E-state index is 13.0. The highest BCUT2D eigenvalue weighted by molar-refractivity contribution is 5.98. The molecule has 31 heavy (non-hydrogen) atoms. The maximum absolute atomic E-state index is 13.0. The van der Waals surface area contributed by atoms with Gasteiger partial charge < -0.3 is 20.1 Å². The molecule has 0 aliphatic carbocycles. The van der Waals surface area contributed by atoms with Crippen molar-refractivity contribution in [1.29, 1.82) is 5.26 Å². The van der Waals surface area contributed by atoms with Crippen LogP contribution in [0.4, 0.5) is 17.5 Å². The standard InChI is InChI=1S/C22H19N5O4/c1-30-14-7-3-12(4-8-14)17-16(11-23)20(28)25-19-18(17)21(29)27-22(26-19)24-13-5-9-15(31-2)10-6-13/h3-10,16-17H,1-2H3,(H3,24,25,26,27,28,29)/t16-,17+/m1/s1. The van der Waals surface area contributed by atoms with Crippen LogP contribution < -0.4 is 25.7 Å². The van der Waals surface area contributed by atoms with E-state index >= 15 is 0 Å². The van der Waals surface area contributed by atoms with Crippen LogP contribution in [0.3, 0.4) is 0 Å². The van der Waals surface area contributed by atoms with Gasteiger partial charge >= 0.3 is 0 Å². The van der Waals surface area contributed by atoms with Crippen molar-refractivity contribution in [2.75, 3.05) is 24.9 Å². The molecule has 1 amide bonds. The number of nitrogens with one attached hydrogen (secondary N) is 3. The van der Waals surface area contributed by atoms with E-state index in [2.05, 4.69) is 20.6 Å². The van der Waals surface area contributed by atoms with E-state index < -0.39 is 23.3 Å². The summed E-state index contributed by atoms with van der Waals surface area (Å²) in [5.41, 5.74) is 1.11. The Bertz CT molecular complexity index is 1210. The summed E-state index contributed by atoms with van der Waals surface area (Å²) in [6, 6.07) is 16.0. The van der Waals surface area contributed by atoms with Crippen LogP contribution in [-0.2, 0) is 4.79 Å². The molecule has 2 heterocycles. The van der Waals surface area contributed by atoms with E-state index in [1.165, 1.54) is 0 Å². The summed E-state index contributed by atoms with van der Waals surface area (Å²) in [5, 5.41) is 15.2. The first-order chi connectivity index (χ1) is 15.0. The molecule has 9 nitrogen and oxygen atoms in total. The van der Waals surface area contributed by atoms with Gasteiger partial charge in [0.2, 0.25) is 11.9 Å². The number of benzene rings is 2. The highest BCUT2D eigenvalue weighted by Gasteiger charge is 2.40. The molecule has 3 N–H and O–H groups in total. The average molecular weight is 417 g/mol. The lowest BCUT2D eigenvalue weighted by molar-refractivity contribution is -0.119. The molecule has 0 radical (unpaired) electrons. The van der Waals surface area contributed by atoms with Crippen molar-refractivity contribution in [3.8, 4) is 17.6 Å². The summed E-state index contributed by atoms with van der Waals surface area (Å²) in [7, 11) is 3.11. The lowest BCUT2D eigenvalue weighted by Crippen LogP contribution is -2.38. The van der Waals surface area contributed by atoms with E-state index in [1.54, 1.807) is 62.8 Å². The molecule has 0 unspecified atom stereocenters. The van der Waals surface area contributed by atoms with Crippen molar-refractivity contribution in [3.05, 3.63) is 70.0 Å². The van der Waals surface area contributed by atoms with Gasteiger partial charge in [0.05, 0.1) is 25.9 Å². The van der Waals surface area contributed by atoms with Crippen molar-refractivity contribution in [1.82, 2.24) is 9.97 Å². The molecule has 3 aromatic rings. The quantitative estimate of drug-likeness (QED) is 0.582. The molecular formula is C22H19N5O4. The molecule has 2 aromatic carbocycles. The second kappa shape index (κ2) is 8.20. The van der Waals surface area contributed by atoms with Crippen LogP contribution in [0.25, 0.3) is 0 Å². The Balaban J connectivity index is 1.75. The Morgan fingerprint density at radius 1 is 1.00 bits per heavy atom. The predicted octanol–water partition coefficient (Wildman–Crippen LogP) is 2.75. The second-order valence-electron chi connectivity index (χ2n) is 6.88. The number of methoxy groups -OCH3 is 2. The van der Waals surface area contributed by atoms with Gasteiger partial charge in [-0.1, -0.05) is 12.1 Å². The topological polar surface area (TPSA) is 129 Å². The van der Waals surface area contributed by atoms with Crippen LogP contribution in [0.2, 0.25) is 0 Å². The Morgan fingerprint density at radius 2 is 1.61 bits per heavy atom. The first-order valence-corrected chi connectivity index (χ1v) is 9.43. The predicted molar refractivity (Wildman–Crippen MR) is 114 cm³/mol. The van der Waals surface area contributed by atoms with Crippen molar-refractivity contribution >= 4 is 23.4 Å². The maximum Gasteiger partial charge on any atom is 0.258 e. The number of hydrogen-bond acceptors (Lipinski definition) is 7. The number of anilines is 3. The molecule has 0 spiro atoms. The summed E-state index contributed by atoms with van der Waals surface area (Å²) in [6.45, 7) is 0.